The van der Waals surface area contributed by atoms with E-state index in [1.165, 1.54) is 0 Å². The Morgan fingerprint density at radius 1 is 1.21 bits per heavy atom. The summed E-state index contributed by atoms with van der Waals surface area (Å²) in [5.41, 5.74) is 9.96. The number of nitrogens with two attached hydrogens (primary N) is 1. The molecule has 5 nitrogen and oxygen atoms in total. The topological polar surface area (TPSA) is 64.2 Å². The van der Waals surface area contributed by atoms with Gasteiger partial charge in [-0.05, 0) is 50.2 Å². The van der Waals surface area contributed by atoms with Crippen molar-refractivity contribution in [3.63, 3.8) is 0 Å². The molecule has 0 radical (unpaired) electrons. The summed E-state index contributed by atoms with van der Waals surface area (Å²) in [4.78, 5) is 14.9. The Morgan fingerprint density at radius 3 is 2.75 bits per heavy atom. The number of para-hydroxylation sites is 1. The number of aryl methyl sites for hydroxylation is 1. The monoisotopic (exact) mass is 324 g/mol. The maximum atomic E-state index is 13.0. The van der Waals surface area contributed by atoms with Crippen LogP contribution in [0.3, 0.4) is 0 Å². The van der Waals surface area contributed by atoms with Gasteiger partial charge in [0.1, 0.15) is 0 Å². The number of carbonyl (C=O) groups is 1. The number of aromatic nitrogens is 2. The molecule has 2 N–H and O–H groups in total. The third-order valence-corrected chi connectivity index (χ3v) is 5.78. The summed E-state index contributed by atoms with van der Waals surface area (Å²) in [5, 5.41) is 4.47. The van der Waals surface area contributed by atoms with Gasteiger partial charge in [-0.3, -0.25) is 4.79 Å². The minimum absolute atomic E-state index is 0.0916. The summed E-state index contributed by atoms with van der Waals surface area (Å²) in [6.45, 7) is 5.65. The lowest BCUT2D eigenvalue weighted by Crippen LogP contribution is -2.33. The number of amides is 1. The van der Waals surface area contributed by atoms with Crippen molar-refractivity contribution in [2.45, 2.75) is 32.7 Å². The zero-order valence-electron chi connectivity index (χ0n) is 14.3. The summed E-state index contributed by atoms with van der Waals surface area (Å²) in [5.74, 6) is 1.14. The van der Waals surface area contributed by atoms with E-state index in [4.69, 9.17) is 5.73 Å². The van der Waals surface area contributed by atoms with Gasteiger partial charge in [0.25, 0.3) is 5.91 Å². The first-order valence-corrected chi connectivity index (χ1v) is 8.71. The number of carbonyl (C=O) groups excluding carboxylic acids is 1. The molecular weight excluding hydrogens is 300 g/mol. The molecule has 3 unspecified atom stereocenters. The van der Waals surface area contributed by atoms with Crippen molar-refractivity contribution in [1.82, 2.24) is 14.7 Å². The molecule has 1 saturated heterocycles. The van der Waals surface area contributed by atoms with Crippen molar-refractivity contribution >= 4 is 5.91 Å². The van der Waals surface area contributed by atoms with E-state index in [2.05, 4.69) is 18.1 Å². The highest BCUT2D eigenvalue weighted by Crippen LogP contribution is 2.37. The van der Waals surface area contributed by atoms with Crippen molar-refractivity contribution in [2.24, 2.45) is 17.6 Å². The van der Waals surface area contributed by atoms with Crippen molar-refractivity contribution in [3.8, 4) is 5.69 Å². The van der Waals surface area contributed by atoms with E-state index >= 15 is 0 Å². The van der Waals surface area contributed by atoms with Gasteiger partial charge in [0.05, 0.1) is 23.1 Å². The van der Waals surface area contributed by atoms with E-state index < -0.39 is 0 Å². The van der Waals surface area contributed by atoms with Gasteiger partial charge in [-0.15, -0.1) is 0 Å². The van der Waals surface area contributed by atoms with Crippen LogP contribution in [0.15, 0.2) is 30.5 Å². The molecule has 0 spiro atoms. The number of fused-ring (bicyclic) bond motifs is 1. The number of hydrogen-bond donors (Lipinski definition) is 1. The second-order valence-corrected chi connectivity index (χ2v) is 7.22. The lowest BCUT2D eigenvalue weighted by Gasteiger charge is -2.18. The second kappa shape index (κ2) is 5.74. The maximum absolute atomic E-state index is 13.0. The summed E-state index contributed by atoms with van der Waals surface area (Å²) in [6, 6.07) is 8.34. The zero-order chi connectivity index (χ0) is 16.8. The lowest BCUT2D eigenvalue weighted by atomic mass is 9.98. The quantitative estimate of drug-likeness (QED) is 0.922. The van der Waals surface area contributed by atoms with Crippen LogP contribution in [0.1, 0.15) is 34.5 Å². The van der Waals surface area contributed by atoms with Gasteiger partial charge >= 0.3 is 0 Å². The molecule has 1 aliphatic carbocycles. The minimum atomic E-state index is 0.0916. The molecule has 126 valence electrons. The molecule has 3 atom stereocenters. The molecule has 24 heavy (non-hydrogen) atoms. The molecule has 1 aliphatic heterocycles. The van der Waals surface area contributed by atoms with Crippen LogP contribution in [0.5, 0.6) is 0 Å². The molecular formula is C19H24N4O. The van der Waals surface area contributed by atoms with E-state index in [1.54, 1.807) is 6.20 Å². The molecule has 2 aliphatic rings. The Bertz CT molecular complexity index is 781. The Balaban J connectivity index is 1.60. The van der Waals surface area contributed by atoms with Gasteiger partial charge in [-0.2, -0.15) is 5.10 Å². The normalized spacial score (nSPS) is 26.0. The van der Waals surface area contributed by atoms with Gasteiger partial charge < -0.3 is 10.6 Å². The summed E-state index contributed by atoms with van der Waals surface area (Å²) >= 11 is 0. The lowest BCUT2D eigenvalue weighted by molar-refractivity contribution is 0.0779. The van der Waals surface area contributed by atoms with Crippen LogP contribution in [-0.2, 0) is 0 Å². The van der Waals surface area contributed by atoms with Crippen molar-refractivity contribution in [1.29, 1.82) is 0 Å². The largest absolute Gasteiger partial charge is 0.338 e. The third-order valence-electron chi connectivity index (χ3n) is 5.78. The van der Waals surface area contributed by atoms with Crippen LogP contribution >= 0.6 is 0 Å². The molecule has 0 bridgehead atoms. The standard InChI is InChI=1S/C19H24N4O/c1-12-5-3-4-6-18(12)23-13(2)15(9-21-23)19(24)22-10-14-7-8-17(20)16(14)11-22/h3-6,9,14,16-17H,7-8,10-11,20H2,1-2H3. The van der Waals surface area contributed by atoms with E-state index in [0.29, 0.717) is 17.4 Å². The Morgan fingerprint density at radius 2 is 2.00 bits per heavy atom. The summed E-state index contributed by atoms with van der Waals surface area (Å²) < 4.78 is 1.87. The molecule has 2 aromatic rings. The molecule has 2 fully saturated rings. The SMILES string of the molecule is Cc1ccccc1-n1ncc(C(=O)N2CC3CCC(N)C3C2)c1C. The Kier molecular flexibility index (Phi) is 3.68. The van der Waals surface area contributed by atoms with Crippen LogP contribution in [-0.4, -0.2) is 39.7 Å². The van der Waals surface area contributed by atoms with Gasteiger partial charge in [-0.25, -0.2) is 4.68 Å². The van der Waals surface area contributed by atoms with Crippen LogP contribution in [0.4, 0.5) is 0 Å². The first-order chi connectivity index (χ1) is 11.6. The summed E-state index contributed by atoms with van der Waals surface area (Å²) in [6.07, 6.45) is 3.96. The second-order valence-electron chi connectivity index (χ2n) is 7.22. The van der Waals surface area contributed by atoms with E-state index in [0.717, 1.165) is 42.9 Å². The predicted molar refractivity (Wildman–Crippen MR) is 93.1 cm³/mol. The Hall–Kier alpha value is -2.14. The van der Waals surface area contributed by atoms with Crippen LogP contribution in [0, 0.1) is 25.7 Å². The molecule has 1 aromatic heterocycles. The minimum Gasteiger partial charge on any atom is -0.338 e. The molecule has 4 rings (SSSR count). The van der Waals surface area contributed by atoms with Crippen LogP contribution in [0.25, 0.3) is 5.69 Å². The van der Waals surface area contributed by atoms with Gasteiger partial charge in [-0.1, -0.05) is 18.2 Å². The maximum Gasteiger partial charge on any atom is 0.257 e. The molecule has 2 heterocycles. The molecule has 5 heteroatoms. The van der Waals surface area contributed by atoms with Gasteiger partial charge in [0.15, 0.2) is 0 Å². The van der Waals surface area contributed by atoms with Crippen molar-refractivity contribution < 1.29 is 4.79 Å². The fourth-order valence-electron chi connectivity index (χ4n) is 4.31. The van der Waals surface area contributed by atoms with Gasteiger partial charge in [0.2, 0.25) is 0 Å². The number of benzene rings is 1. The van der Waals surface area contributed by atoms with E-state index in [-0.39, 0.29) is 11.9 Å². The number of hydrogen-bond acceptors (Lipinski definition) is 3. The third kappa shape index (κ3) is 2.35. The first kappa shape index (κ1) is 15.4. The first-order valence-electron chi connectivity index (χ1n) is 8.71. The fourth-order valence-corrected chi connectivity index (χ4v) is 4.31. The number of likely N-dealkylation sites (tertiary alicyclic amines) is 1. The zero-order valence-corrected chi connectivity index (χ0v) is 14.3. The average Bonchev–Trinajstić information content (AvgIpc) is 3.24. The van der Waals surface area contributed by atoms with Crippen molar-refractivity contribution in [3.05, 3.63) is 47.3 Å². The average molecular weight is 324 g/mol. The van der Waals surface area contributed by atoms with Gasteiger partial charge in [0, 0.05) is 19.1 Å². The predicted octanol–water partition coefficient (Wildman–Crippen LogP) is 2.30. The van der Waals surface area contributed by atoms with Crippen LogP contribution in [0.2, 0.25) is 0 Å². The fraction of sp³-hybridized carbons (Fsp3) is 0.474. The highest BCUT2D eigenvalue weighted by atomic mass is 16.2. The molecule has 1 aromatic carbocycles. The number of nitrogens with zero attached hydrogens (tertiary/aromatic N) is 3. The smallest absolute Gasteiger partial charge is 0.257 e. The molecule has 1 amide bonds. The highest BCUT2D eigenvalue weighted by molar-refractivity contribution is 5.95. The van der Waals surface area contributed by atoms with Crippen LogP contribution < -0.4 is 5.73 Å². The summed E-state index contributed by atoms with van der Waals surface area (Å²) in [7, 11) is 0. The van der Waals surface area contributed by atoms with Crippen molar-refractivity contribution in [2.75, 3.05) is 13.1 Å². The number of rotatable bonds is 2. The molecule has 1 saturated carbocycles. The highest BCUT2D eigenvalue weighted by Gasteiger charge is 2.43. The Labute approximate surface area is 142 Å². The van der Waals surface area contributed by atoms with E-state index in [9.17, 15) is 4.79 Å². The van der Waals surface area contributed by atoms with E-state index in [1.807, 2.05) is 34.7 Å².